The fourth-order valence-electron chi connectivity index (χ4n) is 4.36. The van der Waals surface area contributed by atoms with Crippen LogP contribution >= 0.6 is 0 Å². The summed E-state index contributed by atoms with van der Waals surface area (Å²) in [7, 11) is -1.33. The van der Waals surface area contributed by atoms with Gasteiger partial charge in [0.25, 0.3) is 0 Å². The van der Waals surface area contributed by atoms with E-state index in [4.69, 9.17) is 0 Å². The molecule has 182 valence electrons. The number of nitrogens with zero attached hydrogens (tertiary/aromatic N) is 3. The normalized spacial score (nSPS) is 18.7. The van der Waals surface area contributed by atoms with E-state index in [-0.39, 0.29) is 5.91 Å². The summed E-state index contributed by atoms with van der Waals surface area (Å²) in [5.74, 6) is -0.228. The van der Waals surface area contributed by atoms with Gasteiger partial charge < -0.3 is 15.1 Å². The molecule has 0 bridgehead atoms. The third-order valence-electron chi connectivity index (χ3n) is 6.51. The van der Waals surface area contributed by atoms with Gasteiger partial charge in [-0.3, -0.25) is 4.79 Å². The molecule has 0 unspecified atom stereocenters. The maximum atomic E-state index is 12.9. The van der Waals surface area contributed by atoms with Gasteiger partial charge in [0, 0.05) is 56.7 Å². The van der Waals surface area contributed by atoms with Gasteiger partial charge in [0.2, 0.25) is 15.9 Å². The molecule has 7 nitrogen and oxygen atoms in total. The second kappa shape index (κ2) is 11.2. The van der Waals surface area contributed by atoms with E-state index in [0.29, 0.717) is 18.0 Å². The second-order valence-electron chi connectivity index (χ2n) is 9.05. The summed E-state index contributed by atoms with van der Waals surface area (Å²) in [5, 5.41) is 2.88. The van der Waals surface area contributed by atoms with Gasteiger partial charge in [0.15, 0.2) is 0 Å². The lowest BCUT2D eigenvalue weighted by Gasteiger charge is -2.34. The average Bonchev–Trinajstić information content (AvgIpc) is 3.15. The number of carbonyl (C=O) groups is 1. The van der Waals surface area contributed by atoms with Crippen molar-refractivity contribution >= 4 is 33.4 Å². The summed E-state index contributed by atoms with van der Waals surface area (Å²) < 4.78 is 27.4. The molecule has 4 rings (SSSR count). The van der Waals surface area contributed by atoms with Gasteiger partial charge >= 0.3 is 0 Å². The molecule has 0 radical (unpaired) electrons. The maximum absolute atomic E-state index is 12.9. The summed E-state index contributed by atoms with van der Waals surface area (Å²) in [6.07, 6.45) is 7.14. The lowest BCUT2D eigenvalue weighted by molar-refractivity contribution is -0.111. The van der Waals surface area contributed by atoms with Crippen LogP contribution < -0.4 is 10.2 Å². The number of benzene rings is 2. The Balaban J connectivity index is 1.32. The molecule has 0 aliphatic carbocycles. The van der Waals surface area contributed by atoms with Crippen molar-refractivity contribution < 1.29 is 13.2 Å². The van der Waals surface area contributed by atoms with Gasteiger partial charge in [0.05, 0.1) is 4.90 Å². The average molecular weight is 483 g/mol. The summed E-state index contributed by atoms with van der Waals surface area (Å²) in [5.41, 5.74) is 2.68. The van der Waals surface area contributed by atoms with Crippen LogP contribution in [0, 0.1) is 0 Å². The molecule has 2 aliphatic rings. The molecule has 0 saturated carbocycles. The van der Waals surface area contributed by atoms with Crippen molar-refractivity contribution in [3.8, 4) is 0 Å². The van der Waals surface area contributed by atoms with Crippen LogP contribution in [0.1, 0.15) is 31.2 Å². The number of rotatable bonds is 6. The minimum Gasteiger partial charge on any atom is -0.369 e. The Morgan fingerprint density at radius 2 is 1.44 bits per heavy atom. The zero-order valence-electron chi connectivity index (χ0n) is 19.8. The fraction of sp³-hybridized carbons (Fsp3) is 0.423. The van der Waals surface area contributed by atoms with Crippen molar-refractivity contribution in [3.05, 3.63) is 60.2 Å². The molecular formula is C26H34N4O3S. The van der Waals surface area contributed by atoms with Crippen LogP contribution in [-0.2, 0) is 14.8 Å². The molecule has 0 aromatic heterocycles. The molecule has 8 heteroatoms. The monoisotopic (exact) mass is 482 g/mol. The van der Waals surface area contributed by atoms with Crippen molar-refractivity contribution in [2.75, 3.05) is 56.5 Å². The first-order chi connectivity index (χ1) is 16.4. The minimum absolute atomic E-state index is 0.228. The first-order valence-electron chi connectivity index (χ1n) is 12.0. The zero-order valence-corrected chi connectivity index (χ0v) is 20.6. The molecule has 34 heavy (non-hydrogen) atoms. The van der Waals surface area contributed by atoms with Crippen molar-refractivity contribution in [2.24, 2.45) is 0 Å². The summed E-state index contributed by atoms with van der Waals surface area (Å²) >= 11 is 0. The number of carbonyl (C=O) groups excluding carboxylic acids is 1. The van der Waals surface area contributed by atoms with Gasteiger partial charge in [-0.15, -0.1) is 0 Å². The second-order valence-corrected chi connectivity index (χ2v) is 11.0. The van der Waals surface area contributed by atoms with Crippen molar-refractivity contribution in [3.63, 3.8) is 0 Å². The number of hydrogen-bond acceptors (Lipinski definition) is 5. The molecule has 2 fully saturated rings. The van der Waals surface area contributed by atoms with E-state index in [1.54, 1.807) is 34.6 Å². The number of hydrogen-bond donors (Lipinski definition) is 1. The van der Waals surface area contributed by atoms with Crippen molar-refractivity contribution in [1.29, 1.82) is 0 Å². The van der Waals surface area contributed by atoms with E-state index in [1.165, 1.54) is 6.08 Å². The maximum Gasteiger partial charge on any atom is 0.248 e. The summed E-state index contributed by atoms with van der Waals surface area (Å²) in [6.45, 7) is 5.27. The van der Waals surface area contributed by atoms with Crippen LogP contribution in [0.2, 0.25) is 0 Å². The Morgan fingerprint density at radius 3 is 2.06 bits per heavy atom. The number of amides is 1. The van der Waals surface area contributed by atoms with Crippen LogP contribution in [0.4, 0.5) is 11.4 Å². The highest BCUT2D eigenvalue weighted by Crippen LogP contribution is 2.22. The lowest BCUT2D eigenvalue weighted by Crippen LogP contribution is -2.44. The molecule has 1 N–H and O–H groups in total. The van der Waals surface area contributed by atoms with Crippen LogP contribution in [0.5, 0.6) is 0 Å². The molecule has 1 amide bonds. The SMILES string of the molecule is CN1CCN(c2ccc(NC(=O)/C=C/c3ccc(S(=O)(=O)N4CCCCCC4)cc3)cc2)CC1. The van der Waals surface area contributed by atoms with E-state index in [1.807, 2.05) is 24.3 Å². The third-order valence-corrected chi connectivity index (χ3v) is 8.43. The van der Waals surface area contributed by atoms with Crippen molar-refractivity contribution in [2.45, 2.75) is 30.6 Å². The van der Waals surface area contributed by atoms with E-state index in [9.17, 15) is 13.2 Å². The number of anilines is 2. The van der Waals surface area contributed by atoms with Crippen LogP contribution in [0.15, 0.2) is 59.5 Å². The highest BCUT2D eigenvalue weighted by atomic mass is 32.2. The fourth-order valence-corrected chi connectivity index (χ4v) is 5.88. The predicted octanol–water partition coefficient (Wildman–Crippen LogP) is 3.66. The van der Waals surface area contributed by atoms with E-state index in [2.05, 4.69) is 22.2 Å². The van der Waals surface area contributed by atoms with Crippen LogP contribution in [0.25, 0.3) is 6.08 Å². The molecule has 2 heterocycles. The lowest BCUT2D eigenvalue weighted by atomic mass is 10.2. The summed E-state index contributed by atoms with van der Waals surface area (Å²) in [6, 6.07) is 14.6. The van der Waals surface area contributed by atoms with Gasteiger partial charge in [-0.25, -0.2) is 8.42 Å². The molecule has 0 atom stereocenters. The Hall–Kier alpha value is -2.68. The molecule has 0 spiro atoms. The Labute approximate surface area is 203 Å². The van der Waals surface area contributed by atoms with Crippen LogP contribution in [-0.4, -0.2) is 69.8 Å². The number of sulfonamides is 1. The van der Waals surface area contributed by atoms with E-state index < -0.39 is 10.0 Å². The zero-order chi connectivity index (χ0) is 24.0. The molecule has 2 saturated heterocycles. The highest BCUT2D eigenvalue weighted by Gasteiger charge is 2.24. The molecule has 2 aliphatic heterocycles. The smallest absolute Gasteiger partial charge is 0.248 e. The quantitative estimate of drug-likeness (QED) is 0.637. The molecule has 2 aromatic carbocycles. The van der Waals surface area contributed by atoms with Gasteiger partial charge in [-0.2, -0.15) is 4.31 Å². The van der Waals surface area contributed by atoms with E-state index >= 15 is 0 Å². The Kier molecular flexibility index (Phi) is 8.03. The topological polar surface area (TPSA) is 73.0 Å². The van der Waals surface area contributed by atoms with Gasteiger partial charge in [0.1, 0.15) is 0 Å². The van der Waals surface area contributed by atoms with Crippen LogP contribution in [0.3, 0.4) is 0 Å². The number of likely N-dealkylation sites (N-methyl/N-ethyl adjacent to an activating group) is 1. The summed E-state index contributed by atoms with van der Waals surface area (Å²) in [4.78, 5) is 17.3. The van der Waals surface area contributed by atoms with E-state index in [0.717, 1.165) is 68.8 Å². The first-order valence-corrected chi connectivity index (χ1v) is 13.5. The largest absolute Gasteiger partial charge is 0.369 e. The van der Waals surface area contributed by atoms with Gasteiger partial charge in [-0.05, 0) is 67.9 Å². The van der Waals surface area contributed by atoms with Gasteiger partial charge in [-0.1, -0.05) is 25.0 Å². The number of piperazine rings is 1. The minimum atomic E-state index is -3.46. The third kappa shape index (κ3) is 6.25. The molecule has 2 aromatic rings. The highest BCUT2D eigenvalue weighted by molar-refractivity contribution is 7.89. The Bertz CT molecular complexity index is 1080. The standard InChI is InChI=1S/C26H34N4O3S/c1-28-18-20-29(21-19-28)24-11-9-23(10-12-24)27-26(31)15-8-22-6-13-25(14-7-22)34(32,33)30-16-4-2-3-5-17-30/h6-15H,2-5,16-21H2,1H3,(H,27,31)/b15-8+. The predicted molar refractivity (Wildman–Crippen MR) is 137 cm³/mol. The van der Waals surface area contributed by atoms with Crippen molar-refractivity contribution in [1.82, 2.24) is 9.21 Å². The Morgan fingerprint density at radius 1 is 0.824 bits per heavy atom. The molecular weight excluding hydrogens is 448 g/mol. The number of nitrogens with one attached hydrogen (secondary N) is 1. The first kappa shape index (κ1) is 24.4.